The van der Waals surface area contributed by atoms with Gasteiger partial charge in [0.15, 0.2) is 17.6 Å². The van der Waals surface area contributed by atoms with E-state index < -0.39 is 12.1 Å². The van der Waals surface area contributed by atoms with Crippen LogP contribution >= 0.6 is 0 Å². The summed E-state index contributed by atoms with van der Waals surface area (Å²) in [5, 5.41) is 5.17. The van der Waals surface area contributed by atoms with Crippen LogP contribution in [0.5, 0.6) is 11.5 Å². The molecule has 2 bridgehead atoms. The summed E-state index contributed by atoms with van der Waals surface area (Å²) in [5.74, 6) is -0.413. The third-order valence-corrected chi connectivity index (χ3v) is 5.88. The highest BCUT2D eigenvalue weighted by molar-refractivity contribution is 6.06. The number of hydrogen-bond donors (Lipinski definition) is 0. The molecule has 2 aliphatic carbocycles. The van der Waals surface area contributed by atoms with Gasteiger partial charge in [-0.3, -0.25) is 9.59 Å². The summed E-state index contributed by atoms with van der Waals surface area (Å²) in [4.78, 5) is 37.2. The molecule has 3 aliphatic rings. The topological polar surface area (TPSA) is 94.5 Å². The Labute approximate surface area is 174 Å². The number of amides is 2. The van der Waals surface area contributed by atoms with Gasteiger partial charge >= 0.3 is 5.97 Å². The molecule has 30 heavy (non-hydrogen) atoms. The van der Waals surface area contributed by atoms with E-state index in [4.69, 9.17) is 14.2 Å². The summed E-state index contributed by atoms with van der Waals surface area (Å²) >= 11 is 0. The van der Waals surface area contributed by atoms with Crippen LogP contribution in [0.25, 0.3) is 0 Å². The van der Waals surface area contributed by atoms with Crippen LogP contribution in [0.15, 0.2) is 35.5 Å². The van der Waals surface area contributed by atoms with E-state index >= 15 is 0 Å². The number of hydrazone groups is 1. The molecule has 0 unspecified atom stereocenters. The van der Waals surface area contributed by atoms with Gasteiger partial charge in [0.25, 0.3) is 11.8 Å². The molecule has 1 aromatic carbocycles. The van der Waals surface area contributed by atoms with Crippen molar-refractivity contribution in [2.75, 3.05) is 13.7 Å². The highest BCUT2D eigenvalue weighted by Gasteiger charge is 2.59. The Morgan fingerprint density at radius 1 is 1.20 bits per heavy atom. The Kier molecular flexibility index (Phi) is 5.32. The number of methoxy groups -OCH3 is 1. The number of esters is 1. The van der Waals surface area contributed by atoms with Gasteiger partial charge in [-0.1, -0.05) is 12.2 Å². The van der Waals surface area contributed by atoms with Crippen molar-refractivity contribution in [3.05, 3.63) is 35.9 Å². The van der Waals surface area contributed by atoms with Gasteiger partial charge in [0.1, 0.15) is 0 Å². The number of hydrogen-bond acceptors (Lipinski definition) is 7. The summed E-state index contributed by atoms with van der Waals surface area (Å²) in [7, 11) is 1.48. The monoisotopic (exact) mass is 412 g/mol. The van der Waals surface area contributed by atoms with E-state index in [2.05, 4.69) is 5.10 Å². The highest BCUT2D eigenvalue weighted by atomic mass is 16.6. The molecule has 1 aromatic rings. The molecule has 0 aromatic heterocycles. The van der Waals surface area contributed by atoms with Gasteiger partial charge in [0.2, 0.25) is 0 Å². The second-order valence-electron chi connectivity index (χ2n) is 7.66. The first-order chi connectivity index (χ1) is 14.4. The van der Waals surface area contributed by atoms with Crippen molar-refractivity contribution in [1.82, 2.24) is 5.01 Å². The molecule has 1 saturated carbocycles. The lowest BCUT2D eigenvalue weighted by Gasteiger charge is -2.16. The predicted molar refractivity (Wildman–Crippen MR) is 107 cm³/mol. The van der Waals surface area contributed by atoms with Gasteiger partial charge in [0, 0.05) is 0 Å². The lowest BCUT2D eigenvalue weighted by atomic mass is 9.85. The van der Waals surface area contributed by atoms with E-state index in [0.29, 0.717) is 17.1 Å². The molecule has 8 heteroatoms. The van der Waals surface area contributed by atoms with Gasteiger partial charge in [-0.2, -0.15) is 10.1 Å². The molecular formula is C22H24N2O6. The van der Waals surface area contributed by atoms with Crippen molar-refractivity contribution in [3.63, 3.8) is 0 Å². The molecule has 2 fully saturated rings. The molecule has 1 heterocycles. The van der Waals surface area contributed by atoms with E-state index in [1.165, 1.54) is 13.3 Å². The Bertz CT molecular complexity index is 910. The minimum absolute atomic E-state index is 0.148. The van der Waals surface area contributed by atoms with Crippen LogP contribution < -0.4 is 9.47 Å². The first-order valence-electron chi connectivity index (χ1n) is 10.1. The SMILES string of the molecule is CCOC(=O)[C@@H](C)Oc1ccc(C=NN2C(=O)[C@@H]3[C@H](C2=O)[C@H]2C=C[C@H]3C2)cc1OC. The van der Waals surface area contributed by atoms with Crippen molar-refractivity contribution >= 4 is 24.0 Å². The molecule has 2 amide bonds. The van der Waals surface area contributed by atoms with Crippen LogP contribution in [0.2, 0.25) is 0 Å². The quantitative estimate of drug-likeness (QED) is 0.295. The van der Waals surface area contributed by atoms with Crippen molar-refractivity contribution < 1.29 is 28.6 Å². The summed E-state index contributed by atoms with van der Waals surface area (Å²) in [6.07, 6.45) is 5.64. The average Bonchev–Trinajstić information content (AvgIpc) is 3.42. The zero-order valence-electron chi connectivity index (χ0n) is 17.1. The minimum Gasteiger partial charge on any atom is -0.493 e. The normalized spacial score (nSPS) is 27.6. The maximum atomic E-state index is 12.7. The fraction of sp³-hybridized carbons (Fsp3) is 0.455. The predicted octanol–water partition coefficient (Wildman–Crippen LogP) is 2.17. The largest absolute Gasteiger partial charge is 0.493 e. The second-order valence-corrected chi connectivity index (χ2v) is 7.66. The molecular weight excluding hydrogens is 388 g/mol. The number of carbonyl (C=O) groups is 3. The maximum Gasteiger partial charge on any atom is 0.347 e. The Morgan fingerprint density at radius 3 is 2.47 bits per heavy atom. The number of ether oxygens (including phenoxy) is 3. The van der Waals surface area contributed by atoms with Crippen LogP contribution in [-0.4, -0.2) is 48.8 Å². The van der Waals surface area contributed by atoms with Gasteiger partial charge in [0.05, 0.1) is 31.8 Å². The van der Waals surface area contributed by atoms with E-state index in [1.54, 1.807) is 32.0 Å². The number of rotatable bonds is 7. The van der Waals surface area contributed by atoms with Crippen LogP contribution in [-0.2, 0) is 19.1 Å². The number of benzene rings is 1. The summed E-state index contributed by atoms with van der Waals surface area (Å²) < 4.78 is 15.9. The molecule has 4 rings (SSSR count). The second kappa shape index (κ2) is 7.93. The molecule has 8 nitrogen and oxygen atoms in total. The molecule has 158 valence electrons. The molecule has 1 aliphatic heterocycles. The maximum absolute atomic E-state index is 12.7. The number of carbonyl (C=O) groups excluding carboxylic acids is 3. The van der Waals surface area contributed by atoms with Gasteiger partial charge in [-0.25, -0.2) is 4.79 Å². The van der Waals surface area contributed by atoms with E-state index in [1.807, 2.05) is 12.2 Å². The van der Waals surface area contributed by atoms with Crippen molar-refractivity contribution in [3.8, 4) is 11.5 Å². The lowest BCUT2D eigenvalue weighted by Crippen LogP contribution is -2.28. The van der Waals surface area contributed by atoms with Gasteiger partial charge in [-0.15, -0.1) is 0 Å². The third-order valence-electron chi connectivity index (χ3n) is 5.88. The zero-order valence-corrected chi connectivity index (χ0v) is 17.1. The van der Waals surface area contributed by atoms with E-state index in [-0.39, 0.29) is 42.1 Å². The van der Waals surface area contributed by atoms with Crippen LogP contribution in [0.1, 0.15) is 25.8 Å². The summed E-state index contributed by atoms with van der Waals surface area (Å²) in [6.45, 7) is 3.59. The fourth-order valence-electron chi connectivity index (χ4n) is 4.48. The van der Waals surface area contributed by atoms with Gasteiger partial charge in [-0.05, 0) is 55.9 Å². The molecule has 1 saturated heterocycles. The number of nitrogens with zero attached hydrogens (tertiary/aromatic N) is 2. The number of fused-ring (bicyclic) bond motifs is 5. The Balaban J connectivity index is 1.47. The van der Waals surface area contributed by atoms with Crippen molar-refractivity contribution in [2.45, 2.75) is 26.4 Å². The Morgan fingerprint density at radius 2 is 1.87 bits per heavy atom. The number of imide groups is 1. The average molecular weight is 412 g/mol. The molecule has 5 atom stereocenters. The fourth-order valence-corrected chi connectivity index (χ4v) is 4.48. The lowest BCUT2D eigenvalue weighted by molar-refractivity contribution is -0.150. The van der Waals surface area contributed by atoms with Crippen molar-refractivity contribution in [1.29, 1.82) is 0 Å². The Hall–Kier alpha value is -3.16. The molecule has 0 radical (unpaired) electrons. The number of allylic oxidation sites excluding steroid dienone is 2. The van der Waals surface area contributed by atoms with Crippen LogP contribution in [0.3, 0.4) is 0 Å². The molecule has 0 spiro atoms. The van der Waals surface area contributed by atoms with Gasteiger partial charge < -0.3 is 14.2 Å². The van der Waals surface area contributed by atoms with E-state index in [9.17, 15) is 14.4 Å². The first-order valence-corrected chi connectivity index (χ1v) is 10.1. The smallest absolute Gasteiger partial charge is 0.347 e. The first kappa shape index (κ1) is 20.1. The standard InChI is InChI=1S/C22H24N2O6/c1-4-29-22(27)12(2)30-16-8-5-13(9-17(16)28-3)11-23-24-20(25)18-14-6-7-15(10-14)19(18)21(24)26/h5-9,11-12,14-15,18-19H,4,10H2,1-3H3/t12-,14+,15+,18-,19+/m1/s1. The van der Waals surface area contributed by atoms with Crippen molar-refractivity contribution in [2.24, 2.45) is 28.8 Å². The molecule has 0 N–H and O–H groups in total. The minimum atomic E-state index is -0.790. The van der Waals surface area contributed by atoms with Crippen LogP contribution in [0.4, 0.5) is 0 Å². The summed E-state index contributed by atoms with van der Waals surface area (Å²) in [6, 6.07) is 5.01. The zero-order chi connectivity index (χ0) is 21.4. The summed E-state index contributed by atoms with van der Waals surface area (Å²) in [5.41, 5.74) is 0.627. The highest BCUT2D eigenvalue weighted by Crippen LogP contribution is 2.52. The van der Waals surface area contributed by atoms with E-state index in [0.717, 1.165) is 11.4 Å². The van der Waals surface area contributed by atoms with Crippen LogP contribution in [0, 0.1) is 23.7 Å². The third kappa shape index (κ3) is 3.36.